The van der Waals surface area contributed by atoms with E-state index in [-0.39, 0.29) is 5.97 Å². The first kappa shape index (κ1) is 16.7. The number of allylic oxidation sites excluding steroid dienone is 2. The number of rotatable bonds is 5. The highest BCUT2D eigenvalue weighted by molar-refractivity contribution is 5.66. The molecule has 0 saturated carbocycles. The van der Waals surface area contributed by atoms with Gasteiger partial charge in [0.05, 0.1) is 0 Å². The first-order valence-corrected chi connectivity index (χ1v) is 6.32. The molecule has 0 fully saturated rings. The first-order valence-electron chi connectivity index (χ1n) is 6.32. The van der Waals surface area contributed by atoms with E-state index in [1.165, 1.54) is 12.5 Å². The van der Waals surface area contributed by atoms with E-state index in [1.54, 1.807) is 6.92 Å². The maximum absolute atomic E-state index is 10.8. The summed E-state index contributed by atoms with van der Waals surface area (Å²) >= 11 is 0. The standard InChI is InChI=1S/C15H24O3/c1-6-14(18-13(4)16)9-11-15(5,17)10-7-8-12(2)3/h8,14,17H,6-7,10H2,1-5H3/t14-,15-/m0/s1. The van der Waals surface area contributed by atoms with Crippen molar-refractivity contribution < 1.29 is 14.6 Å². The summed E-state index contributed by atoms with van der Waals surface area (Å²) in [7, 11) is 0. The predicted octanol–water partition coefficient (Wildman–Crippen LogP) is 2.83. The van der Waals surface area contributed by atoms with Gasteiger partial charge in [-0.3, -0.25) is 4.79 Å². The van der Waals surface area contributed by atoms with Gasteiger partial charge in [0.2, 0.25) is 0 Å². The third kappa shape index (κ3) is 8.83. The van der Waals surface area contributed by atoms with Crippen molar-refractivity contribution in [3.05, 3.63) is 11.6 Å². The largest absolute Gasteiger partial charge is 0.449 e. The Kier molecular flexibility index (Phi) is 7.38. The average molecular weight is 252 g/mol. The summed E-state index contributed by atoms with van der Waals surface area (Å²) in [4.78, 5) is 10.8. The van der Waals surface area contributed by atoms with E-state index in [0.29, 0.717) is 12.8 Å². The molecule has 1 N–H and O–H groups in total. The summed E-state index contributed by atoms with van der Waals surface area (Å²) in [5.74, 6) is 5.26. The summed E-state index contributed by atoms with van der Waals surface area (Å²) < 4.78 is 5.00. The molecule has 0 heterocycles. The van der Waals surface area contributed by atoms with Crippen LogP contribution in [-0.2, 0) is 9.53 Å². The highest BCUT2D eigenvalue weighted by Gasteiger charge is 2.16. The van der Waals surface area contributed by atoms with Crippen LogP contribution in [0.5, 0.6) is 0 Å². The minimum atomic E-state index is -1.04. The van der Waals surface area contributed by atoms with Gasteiger partial charge in [0, 0.05) is 6.92 Å². The van der Waals surface area contributed by atoms with Gasteiger partial charge in [-0.15, -0.1) is 0 Å². The molecule has 3 heteroatoms. The molecule has 0 amide bonds. The maximum atomic E-state index is 10.8. The van der Waals surface area contributed by atoms with Crippen molar-refractivity contribution in [3.63, 3.8) is 0 Å². The van der Waals surface area contributed by atoms with Gasteiger partial charge in [-0.25, -0.2) is 0 Å². The van der Waals surface area contributed by atoms with Gasteiger partial charge in [0.15, 0.2) is 6.10 Å². The normalized spacial score (nSPS) is 14.8. The Morgan fingerprint density at radius 1 is 1.44 bits per heavy atom. The predicted molar refractivity (Wildman–Crippen MR) is 72.9 cm³/mol. The molecule has 0 aliphatic carbocycles. The van der Waals surface area contributed by atoms with Crippen molar-refractivity contribution >= 4 is 5.97 Å². The molecule has 0 aromatic rings. The van der Waals surface area contributed by atoms with Gasteiger partial charge >= 0.3 is 5.97 Å². The van der Waals surface area contributed by atoms with Crippen LogP contribution in [0, 0.1) is 11.8 Å². The smallest absolute Gasteiger partial charge is 0.303 e. The fourth-order valence-electron chi connectivity index (χ4n) is 1.36. The number of carbonyl (C=O) groups is 1. The number of ether oxygens (including phenoxy) is 1. The molecule has 3 nitrogen and oxygen atoms in total. The van der Waals surface area contributed by atoms with E-state index in [1.807, 2.05) is 20.8 Å². The van der Waals surface area contributed by atoms with Crippen LogP contribution in [0.25, 0.3) is 0 Å². The molecule has 2 atom stereocenters. The Balaban J connectivity index is 4.45. The Bertz CT molecular complexity index is 352. The van der Waals surface area contributed by atoms with Gasteiger partial charge in [-0.2, -0.15) is 0 Å². The third-order valence-electron chi connectivity index (χ3n) is 2.37. The summed E-state index contributed by atoms with van der Waals surface area (Å²) in [6.07, 6.45) is 3.61. The molecule has 0 aromatic carbocycles. The molecule has 102 valence electrons. The Morgan fingerprint density at radius 2 is 2.06 bits per heavy atom. The zero-order valence-corrected chi connectivity index (χ0v) is 12.0. The molecule has 0 unspecified atom stereocenters. The van der Waals surface area contributed by atoms with Gasteiger partial charge in [0.1, 0.15) is 5.60 Å². The van der Waals surface area contributed by atoms with Crippen LogP contribution in [-0.4, -0.2) is 22.8 Å². The Hall–Kier alpha value is -1.27. The number of hydrogen-bond donors (Lipinski definition) is 1. The molecule has 0 radical (unpaired) electrons. The molecule has 0 bridgehead atoms. The number of esters is 1. The second kappa shape index (κ2) is 7.94. The van der Waals surface area contributed by atoms with Crippen molar-refractivity contribution in [1.29, 1.82) is 0 Å². The maximum Gasteiger partial charge on any atom is 0.303 e. The Labute approximate surface area is 110 Å². The summed E-state index contributed by atoms with van der Waals surface area (Å²) in [5.41, 5.74) is 0.185. The zero-order valence-electron chi connectivity index (χ0n) is 12.0. The lowest BCUT2D eigenvalue weighted by atomic mass is 9.99. The van der Waals surface area contributed by atoms with E-state index in [2.05, 4.69) is 17.9 Å². The molecular formula is C15H24O3. The summed E-state index contributed by atoms with van der Waals surface area (Å²) in [6, 6.07) is 0. The third-order valence-corrected chi connectivity index (χ3v) is 2.37. The lowest BCUT2D eigenvalue weighted by Crippen LogP contribution is -2.22. The second-order valence-electron chi connectivity index (χ2n) is 4.87. The van der Waals surface area contributed by atoms with Gasteiger partial charge in [0.25, 0.3) is 0 Å². The molecular weight excluding hydrogens is 228 g/mol. The van der Waals surface area contributed by atoms with Gasteiger partial charge in [-0.05, 0) is 40.0 Å². The van der Waals surface area contributed by atoms with E-state index in [4.69, 9.17) is 4.74 Å². The summed E-state index contributed by atoms with van der Waals surface area (Å²) in [5, 5.41) is 10.1. The molecule has 0 aromatic heterocycles. The van der Waals surface area contributed by atoms with E-state index < -0.39 is 11.7 Å². The quantitative estimate of drug-likeness (QED) is 0.465. The fourth-order valence-corrected chi connectivity index (χ4v) is 1.36. The fraction of sp³-hybridized carbons (Fsp3) is 0.667. The van der Waals surface area contributed by atoms with E-state index in [0.717, 1.165) is 6.42 Å². The Morgan fingerprint density at radius 3 is 2.50 bits per heavy atom. The average Bonchev–Trinajstić information content (AvgIpc) is 2.22. The molecule has 0 aliphatic rings. The van der Waals surface area contributed by atoms with Crippen LogP contribution in [0.2, 0.25) is 0 Å². The number of aliphatic hydroxyl groups is 1. The van der Waals surface area contributed by atoms with Crippen LogP contribution in [0.15, 0.2) is 11.6 Å². The minimum Gasteiger partial charge on any atom is -0.449 e. The van der Waals surface area contributed by atoms with E-state index >= 15 is 0 Å². The SMILES string of the molecule is CC[C@@H](C#C[C@@](C)(O)CCC=C(C)C)OC(C)=O. The molecule has 18 heavy (non-hydrogen) atoms. The van der Waals surface area contributed by atoms with Crippen LogP contribution >= 0.6 is 0 Å². The second-order valence-corrected chi connectivity index (χ2v) is 4.87. The first-order chi connectivity index (χ1) is 8.26. The highest BCUT2D eigenvalue weighted by Crippen LogP contribution is 2.12. The minimum absolute atomic E-state index is 0.347. The van der Waals surface area contributed by atoms with Crippen molar-refractivity contribution in [3.8, 4) is 11.8 Å². The number of hydrogen-bond acceptors (Lipinski definition) is 3. The highest BCUT2D eigenvalue weighted by atomic mass is 16.5. The molecule has 0 saturated heterocycles. The zero-order chi connectivity index (χ0) is 14.2. The van der Waals surface area contributed by atoms with Crippen LogP contribution in [0.4, 0.5) is 0 Å². The van der Waals surface area contributed by atoms with Crippen molar-refractivity contribution in [2.75, 3.05) is 0 Å². The molecule has 0 aliphatic heterocycles. The summed E-state index contributed by atoms with van der Waals surface area (Å²) in [6.45, 7) is 8.97. The lowest BCUT2D eigenvalue weighted by Gasteiger charge is -2.16. The van der Waals surface area contributed by atoms with Crippen LogP contribution in [0.3, 0.4) is 0 Å². The van der Waals surface area contributed by atoms with Crippen molar-refractivity contribution in [1.82, 2.24) is 0 Å². The number of carbonyl (C=O) groups excluding carboxylic acids is 1. The van der Waals surface area contributed by atoms with Crippen molar-refractivity contribution in [2.24, 2.45) is 0 Å². The van der Waals surface area contributed by atoms with Crippen molar-refractivity contribution in [2.45, 2.75) is 65.6 Å². The molecule has 0 rings (SSSR count). The molecule has 0 spiro atoms. The lowest BCUT2D eigenvalue weighted by molar-refractivity contribution is -0.143. The van der Waals surface area contributed by atoms with Crippen LogP contribution in [0.1, 0.15) is 53.9 Å². The topological polar surface area (TPSA) is 46.5 Å². The van der Waals surface area contributed by atoms with Gasteiger partial charge < -0.3 is 9.84 Å². The monoisotopic (exact) mass is 252 g/mol. The van der Waals surface area contributed by atoms with Gasteiger partial charge in [-0.1, -0.05) is 30.4 Å². The van der Waals surface area contributed by atoms with E-state index in [9.17, 15) is 9.90 Å². The van der Waals surface area contributed by atoms with Crippen LogP contribution < -0.4 is 0 Å².